The average Bonchev–Trinajstić information content (AvgIpc) is 3.46. The molecule has 2 heterocycles. The van der Waals surface area contributed by atoms with E-state index in [-0.39, 0.29) is 12.6 Å². The van der Waals surface area contributed by atoms with E-state index in [9.17, 15) is 0 Å². The number of aromatic nitrogens is 5. The molecule has 0 N–H and O–H groups in total. The standard InChI is InChI=1S/C23H24ClN5O2S/c1-3-17(4-2)29-20(14-30-19-13-9-8-12-18(19)24)25-28-23(29)32-15-21-26-27-22(31-21)16-10-6-5-7-11-16/h5-13,17H,3-4,14-15H2,1-2H3. The summed E-state index contributed by atoms with van der Waals surface area (Å²) in [5, 5.41) is 18.5. The lowest BCUT2D eigenvalue weighted by atomic mass is 10.2. The fourth-order valence-electron chi connectivity index (χ4n) is 3.36. The first-order valence-corrected chi connectivity index (χ1v) is 11.9. The van der Waals surface area contributed by atoms with Crippen molar-refractivity contribution in [2.75, 3.05) is 0 Å². The third-order valence-corrected chi connectivity index (χ3v) is 6.29. The van der Waals surface area contributed by atoms with E-state index in [0.29, 0.717) is 28.3 Å². The van der Waals surface area contributed by atoms with E-state index in [1.165, 1.54) is 11.8 Å². The van der Waals surface area contributed by atoms with E-state index >= 15 is 0 Å². The van der Waals surface area contributed by atoms with Crippen LogP contribution >= 0.6 is 23.4 Å². The molecule has 0 radical (unpaired) electrons. The molecule has 0 unspecified atom stereocenters. The van der Waals surface area contributed by atoms with Gasteiger partial charge in [0.05, 0.1) is 10.8 Å². The van der Waals surface area contributed by atoms with Crippen molar-refractivity contribution >= 4 is 23.4 Å². The van der Waals surface area contributed by atoms with Crippen molar-refractivity contribution in [3.63, 3.8) is 0 Å². The first-order valence-electron chi connectivity index (χ1n) is 10.5. The van der Waals surface area contributed by atoms with Crippen LogP contribution in [0.4, 0.5) is 0 Å². The number of para-hydroxylation sites is 1. The second kappa shape index (κ2) is 10.7. The Kier molecular flexibility index (Phi) is 7.44. The van der Waals surface area contributed by atoms with Gasteiger partial charge in [-0.1, -0.05) is 67.5 Å². The summed E-state index contributed by atoms with van der Waals surface area (Å²) in [6, 6.07) is 17.4. The Bertz CT molecular complexity index is 1140. The van der Waals surface area contributed by atoms with Crippen LogP contribution in [-0.2, 0) is 12.4 Å². The molecule has 0 aliphatic carbocycles. The van der Waals surface area contributed by atoms with Crippen LogP contribution in [0.5, 0.6) is 5.75 Å². The Labute approximate surface area is 196 Å². The quantitative estimate of drug-likeness (QED) is 0.255. The van der Waals surface area contributed by atoms with Crippen LogP contribution in [0.25, 0.3) is 11.5 Å². The Balaban J connectivity index is 1.49. The normalized spacial score (nSPS) is 11.2. The molecule has 2 aromatic carbocycles. The fourth-order valence-corrected chi connectivity index (χ4v) is 4.42. The Morgan fingerprint density at radius 3 is 2.47 bits per heavy atom. The lowest BCUT2D eigenvalue weighted by molar-refractivity contribution is 0.278. The molecule has 0 aliphatic heterocycles. The minimum absolute atomic E-state index is 0.264. The number of rotatable bonds is 10. The minimum Gasteiger partial charge on any atom is -0.484 e. The summed E-state index contributed by atoms with van der Waals surface area (Å²) >= 11 is 7.75. The molecule has 0 fully saturated rings. The van der Waals surface area contributed by atoms with Crippen LogP contribution in [0.3, 0.4) is 0 Å². The molecule has 0 amide bonds. The van der Waals surface area contributed by atoms with Crippen molar-refractivity contribution in [2.45, 2.75) is 50.2 Å². The van der Waals surface area contributed by atoms with Crippen molar-refractivity contribution in [1.82, 2.24) is 25.0 Å². The first-order chi connectivity index (χ1) is 15.7. The van der Waals surface area contributed by atoms with Gasteiger partial charge in [-0.3, -0.25) is 0 Å². The van der Waals surface area contributed by atoms with Gasteiger partial charge in [0.2, 0.25) is 11.8 Å². The van der Waals surface area contributed by atoms with Gasteiger partial charge in [-0.15, -0.1) is 20.4 Å². The molecule has 0 atom stereocenters. The van der Waals surface area contributed by atoms with Crippen LogP contribution in [-0.4, -0.2) is 25.0 Å². The van der Waals surface area contributed by atoms with E-state index in [2.05, 4.69) is 38.8 Å². The van der Waals surface area contributed by atoms with Crippen molar-refractivity contribution in [3.8, 4) is 17.2 Å². The highest BCUT2D eigenvalue weighted by Crippen LogP contribution is 2.30. The van der Waals surface area contributed by atoms with Gasteiger partial charge >= 0.3 is 0 Å². The van der Waals surface area contributed by atoms with Crippen molar-refractivity contribution < 1.29 is 9.15 Å². The van der Waals surface area contributed by atoms with Crippen molar-refractivity contribution in [2.24, 2.45) is 0 Å². The molecule has 32 heavy (non-hydrogen) atoms. The van der Waals surface area contributed by atoms with Gasteiger partial charge in [-0.25, -0.2) is 0 Å². The van der Waals surface area contributed by atoms with E-state index in [0.717, 1.165) is 29.4 Å². The molecule has 2 aromatic heterocycles. The zero-order chi connectivity index (χ0) is 22.3. The zero-order valence-corrected chi connectivity index (χ0v) is 19.5. The van der Waals surface area contributed by atoms with Gasteiger partial charge in [0.1, 0.15) is 12.4 Å². The number of hydrogen-bond donors (Lipinski definition) is 0. The number of thioether (sulfide) groups is 1. The second-order valence-electron chi connectivity index (χ2n) is 7.11. The largest absolute Gasteiger partial charge is 0.484 e. The van der Waals surface area contributed by atoms with Crippen LogP contribution in [0, 0.1) is 0 Å². The van der Waals surface area contributed by atoms with E-state index in [4.69, 9.17) is 20.8 Å². The minimum atomic E-state index is 0.264. The summed E-state index contributed by atoms with van der Waals surface area (Å²) < 4.78 is 13.9. The number of halogens is 1. The molecule has 0 spiro atoms. The maximum Gasteiger partial charge on any atom is 0.247 e. The third kappa shape index (κ3) is 5.14. The maximum atomic E-state index is 6.22. The summed E-state index contributed by atoms with van der Waals surface area (Å²) in [6.07, 6.45) is 1.92. The van der Waals surface area contributed by atoms with Gasteiger partial charge in [-0.2, -0.15) is 0 Å². The lowest BCUT2D eigenvalue weighted by Crippen LogP contribution is -2.14. The van der Waals surface area contributed by atoms with Crippen molar-refractivity contribution in [3.05, 3.63) is 71.3 Å². The number of benzene rings is 2. The molecule has 0 saturated carbocycles. The molecule has 0 bridgehead atoms. The lowest BCUT2D eigenvalue weighted by Gasteiger charge is -2.19. The van der Waals surface area contributed by atoms with Crippen LogP contribution < -0.4 is 4.74 Å². The second-order valence-corrected chi connectivity index (χ2v) is 8.46. The molecule has 166 valence electrons. The van der Waals surface area contributed by atoms with Gasteiger partial charge in [0, 0.05) is 11.6 Å². The molecule has 7 nitrogen and oxygen atoms in total. The van der Waals surface area contributed by atoms with Gasteiger partial charge in [0.15, 0.2) is 11.0 Å². The molecule has 4 rings (SSSR count). The third-order valence-electron chi connectivity index (χ3n) is 5.05. The predicted octanol–water partition coefficient (Wildman–Crippen LogP) is 6.21. The SMILES string of the molecule is CCC(CC)n1c(COc2ccccc2Cl)nnc1SCc1nnc(-c2ccccc2)o1. The monoisotopic (exact) mass is 469 g/mol. The smallest absolute Gasteiger partial charge is 0.247 e. The number of nitrogens with zero attached hydrogens (tertiary/aromatic N) is 5. The summed E-state index contributed by atoms with van der Waals surface area (Å²) in [7, 11) is 0. The van der Waals surface area contributed by atoms with Crippen LogP contribution in [0.2, 0.25) is 5.02 Å². The zero-order valence-electron chi connectivity index (χ0n) is 17.9. The summed E-state index contributed by atoms with van der Waals surface area (Å²) in [4.78, 5) is 0. The topological polar surface area (TPSA) is 78.9 Å². The summed E-state index contributed by atoms with van der Waals surface area (Å²) in [5.74, 6) is 2.94. The predicted molar refractivity (Wildman–Crippen MR) is 125 cm³/mol. The van der Waals surface area contributed by atoms with Gasteiger partial charge < -0.3 is 13.7 Å². The van der Waals surface area contributed by atoms with Gasteiger partial charge in [-0.05, 0) is 37.1 Å². The Hall–Kier alpha value is -2.84. The first kappa shape index (κ1) is 22.4. The number of ether oxygens (including phenoxy) is 1. The molecule has 4 aromatic rings. The fraction of sp³-hybridized carbons (Fsp3) is 0.304. The molecule has 9 heteroatoms. The highest BCUT2D eigenvalue weighted by Gasteiger charge is 2.20. The molecular weight excluding hydrogens is 446 g/mol. The molecule has 0 aliphatic rings. The summed E-state index contributed by atoms with van der Waals surface area (Å²) in [6.45, 7) is 4.60. The van der Waals surface area contributed by atoms with Crippen LogP contribution in [0.1, 0.15) is 44.4 Å². The maximum absolute atomic E-state index is 6.22. The highest BCUT2D eigenvalue weighted by molar-refractivity contribution is 7.98. The molecular formula is C23H24ClN5O2S. The van der Waals surface area contributed by atoms with E-state index < -0.39 is 0 Å². The highest BCUT2D eigenvalue weighted by atomic mass is 35.5. The van der Waals surface area contributed by atoms with Crippen LogP contribution in [0.15, 0.2) is 64.2 Å². The van der Waals surface area contributed by atoms with Gasteiger partial charge in [0.25, 0.3) is 0 Å². The van der Waals surface area contributed by atoms with E-state index in [1.54, 1.807) is 6.07 Å². The Morgan fingerprint density at radius 1 is 0.969 bits per heavy atom. The van der Waals surface area contributed by atoms with E-state index in [1.807, 2.05) is 48.5 Å². The van der Waals surface area contributed by atoms with Crippen molar-refractivity contribution in [1.29, 1.82) is 0 Å². The molecule has 0 saturated heterocycles. The number of hydrogen-bond acceptors (Lipinski definition) is 7. The Morgan fingerprint density at radius 2 is 1.72 bits per heavy atom. The summed E-state index contributed by atoms with van der Waals surface area (Å²) in [5.41, 5.74) is 0.899. The average molecular weight is 470 g/mol.